The van der Waals surface area contributed by atoms with Gasteiger partial charge in [0.25, 0.3) is 0 Å². The Kier molecular flexibility index (Phi) is 7.12. The first-order valence-corrected chi connectivity index (χ1v) is 11.9. The minimum atomic E-state index is -3.56. The van der Waals surface area contributed by atoms with E-state index in [1.165, 1.54) is 0 Å². The van der Waals surface area contributed by atoms with Crippen molar-refractivity contribution in [3.63, 3.8) is 0 Å². The molecule has 0 radical (unpaired) electrons. The topological polar surface area (TPSA) is 55.4 Å². The van der Waals surface area contributed by atoms with E-state index in [1.807, 2.05) is 24.3 Å². The molecule has 28 heavy (non-hydrogen) atoms. The van der Waals surface area contributed by atoms with Crippen molar-refractivity contribution < 1.29 is 13.2 Å². The van der Waals surface area contributed by atoms with Crippen LogP contribution in [0.15, 0.2) is 59.5 Å². The highest BCUT2D eigenvalue weighted by atomic mass is 35.5. The number of rotatable bonds is 8. The van der Waals surface area contributed by atoms with E-state index in [4.69, 9.17) is 27.9 Å². The molecule has 0 aliphatic rings. The summed E-state index contributed by atoms with van der Waals surface area (Å²) in [5, 5.41) is 2.98. The van der Waals surface area contributed by atoms with Gasteiger partial charge in [-0.2, -0.15) is 11.8 Å². The molecule has 0 aromatic heterocycles. The number of hydrogen-bond donors (Lipinski definition) is 1. The lowest BCUT2D eigenvalue weighted by atomic mass is 10.1. The minimum Gasteiger partial charge on any atom is -0.497 e. The Labute approximate surface area is 179 Å². The number of benzene rings is 3. The molecule has 0 amide bonds. The molecule has 148 valence electrons. The average Bonchev–Trinajstić information content (AvgIpc) is 2.68. The van der Waals surface area contributed by atoms with Crippen LogP contribution in [0.3, 0.4) is 0 Å². The van der Waals surface area contributed by atoms with Gasteiger partial charge < -0.3 is 4.74 Å². The highest BCUT2D eigenvalue weighted by Crippen LogP contribution is 2.25. The molecule has 0 atom stereocenters. The van der Waals surface area contributed by atoms with Gasteiger partial charge in [-0.25, -0.2) is 13.1 Å². The molecule has 8 heteroatoms. The van der Waals surface area contributed by atoms with E-state index < -0.39 is 10.0 Å². The van der Waals surface area contributed by atoms with Crippen molar-refractivity contribution in [2.45, 2.75) is 10.6 Å². The van der Waals surface area contributed by atoms with Gasteiger partial charge in [0, 0.05) is 28.1 Å². The van der Waals surface area contributed by atoms with Crippen LogP contribution in [-0.4, -0.2) is 27.8 Å². The van der Waals surface area contributed by atoms with Crippen molar-refractivity contribution in [1.29, 1.82) is 0 Å². The van der Waals surface area contributed by atoms with E-state index >= 15 is 0 Å². The molecular weight excluding hydrogens is 437 g/mol. The zero-order chi connectivity index (χ0) is 20.1. The van der Waals surface area contributed by atoms with Crippen LogP contribution < -0.4 is 9.46 Å². The molecule has 4 nitrogen and oxygen atoms in total. The fraction of sp³-hybridized carbons (Fsp3) is 0.200. The number of halogens is 2. The second-order valence-electron chi connectivity index (χ2n) is 6.06. The van der Waals surface area contributed by atoms with Crippen molar-refractivity contribution in [3.8, 4) is 5.75 Å². The third kappa shape index (κ3) is 5.33. The first-order chi connectivity index (χ1) is 13.4. The van der Waals surface area contributed by atoms with Gasteiger partial charge >= 0.3 is 0 Å². The van der Waals surface area contributed by atoms with E-state index in [0.29, 0.717) is 28.1 Å². The zero-order valence-corrected chi connectivity index (χ0v) is 18.3. The molecule has 0 spiro atoms. The van der Waals surface area contributed by atoms with Crippen molar-refractivity contribution in [1.82, 2.24) is 4.72 Å². The van der Waals surface area contributed by atoms with E-state index in [2.05, 4.69) is 4.72 Å². The third-order valence-corrected chi connectivity index (χ3v) is 7.19. The van der Waals surface area contributed by atoms with Crippen LogP contribution in [0, 0.1) is 0 Å². The first kappa shape index (κ1) is 21.3. The maximum atomic E-state index is 12.5. The van der Waals surface area contributed by atoms with Crippen LogP contribution in [-0.2, 0) is 15.8 Å². The first-order valence-electron chi connectivity index (χ1n) is 8.48. The van der Waals surface area contributed by atoms with E-state index in [0.717, 1.165) is 22.1 Å². The van der Waals surface area contributed by atoms with Crippen molar-refractivity contribution in [2.24, 2.45) is 0 Å². The third-order valence-electron chi connectivity index (χ3n) is 4.14. The van der Waals surface area contributed by atoms with E-state index in [1.54, 1.807) is 49.2 Å². The summed E-state index contributed by atoms with van der Waals surface area (Å²) < 4.78 is 32.9. The summed E-state index contributed by atoms with van der Waals surface area (Å²) in [4.78, 5) is 0.246. The molecule has 3 aromatic carbocycles. The summed E-state index contributed by atoms with van der Waals surface area (Å²) in [6.45, 7) is 0.332. The van der Waals surface area contributed by atoms with Crippen LogP contribution >= 0.6 is 35.0 Å². The molecular formula is C20H19Cl2NO3S2. The number of hydrogen-bond acceptors (Lipinski definition) is 4. The Balaban J connectivity index is 1.57. The van der Waals surface area contributed by atoms with Crippen LogP contribution in [0.1, 0.15) is 5.56 Å². The molecule has 0 bridgehead atoms. The second kappa shape index (κ2) is 9.37. The lowest BCUT2D eigenvalue weighted by molar-refractivity contribution is 0.415. The molecule has 0 aliphatic heterocycles. The standard InChI is InChI=1S/C20H19Cl2NO3S2/c1-26-18-6-3-15-11-19(7-4-14(15)10-18)28(24,25)23-8-9-27-13-16-2-5-17(21)12-20(16)22/h2-7,10-12,23H,8-9,13H2,1H3. The fourth-order valence-electron chi connectivity index (χ4n) is 2.65. The normalized spacial score (nSPS) is 11.7. The molecule has 3 aromatic rings. The van der Waals surface area contributed by atoms with Gasteiger partial charge in [0.15, 0.2) is 0 Å². The largest absolute Gasteiger partial charge is 0.497 e. The predicted molar refractivity (Wildman–Crippen MR) is 118 cm³/mol. The SMILES string of the molecule is COc1ccc2cc(S(=O)(=O)NCCSCc3ccc(Cl)cc3Cl)ccc2c1. The summed E-state index contributed by atoms with van der Waals surface area (Å²) >= 11 is 13.6. The molecule has 0 saturated heterocycles. The summed E-state index contributed by atoms with van der Waals surface area (Å²) in [5.41, 5.74) is 0.976. The van der Waals surface area contributed by atoms with Crippen molar-refractivity contribution in [2.75, 3.05) is 19.4 Å². The smallest absolute Gasteiger partial charge is 0.240 e. The number of nitrogens with one attached hydrogen (secondary N) is 1. The summed E-state index contributed by atoms with van der Waals surface area (Å²) in [6.07, 6.45) is 0. The number of methoxy groups -OCH3 is 1. The zero-order valence-electron chi connectivity index (χ0n) is 15.1. The van der Waals surface area contributed by atoms with E-state index in [9.17, 15) is 8.42 Å². The molecule has 1 N–H and O–H groups in total. The molecule has 0 aliphatic carbocycles. The lowest BCUT2D eigenvalue weighted by Gasteiger charge is -2.09. The number of sulfonamides is 1. The minimum absolute atomic E-state index is 0.246. The Morgan fingerprint density at radius 1 is 1.00 bits per heavy atom. The molecule has 0 saturated carbocycles. The van der Waals surface area contributed by atoms with Crippen LogP contribution in [0.5, 0.6) is 5.75 Å². The Bertz CT molecular complexity index is 1090. The maximum absolute atomic E-state index is 12.5. The molecule has 0 unspecified atom stereocenters. The van der Waals surface area contributed by atoms with Crippen molar-refractivity contribution in [3.05, 3.63) is 70.2 Å². The summed E-state index contributed by atoms with van der Waals surface area (Å²) in [6, 6.07) is 16.0. The van der Waals surface area contributed by atoms with Crippen LogP contribution in [0.25, 0.3) is 10.8 Å². The highest BCUT2D eigenvalue weighted by Gasteiger charge is 2.14. The lowest BCUT2D eigenvalue weighted by Crippen LogP contribution is -2.26. The quantitative estimate of drug-likeness (QED) is 0.464. The molecule has 0 fully saturated rings. The highest BCUT2D eigenvalue weighted by molar-refractivity contribution is 7.98. The van der Waals surface area contributed by atoms with Gasteiger partial charge in [0.05, 0.1) is 12.0 Å². The van der Waals surface area contributed by atoms with E-state index in [-0.39, 0.29) is 4.90 Å². The summed E-state index contributed by atoms with van der Waals surface area (Å²) in [5.74, 6) is 2.05. The second-order valence-corrected chi connectivity index (χ2v) is 9.78. The average molecular weight is 456 g/mol. The van der Waals surface area contributed by atoms with Gasteiger partial charge in [0.2, 0.25) is 10.0 Å². The predicted octanol–water partition coefficient (Wildman–Crippen LogP) is 5.37. The number of ether oxygens (including phenoxy) is 1. The monoisotopic (exact) mass is 455 g/mol. The van der Waals surface area contributed by atoms with Crippen molar-refractivity contribution >= 4 is 55.8 Å². The number of fused-ring (bicyclic) bond motifs is 1. The molecule has 3 rings (SSSR count). The molecule has 0 heterocycles. The van der Waals surface area contributed by atoms with Gasteiger partial charge in [-0.1, -0.05) is 41.4 Å². The Morgan fingerprint density at radius 2 is 1.75 bits per heavy atom. The van der Waals surface area contributed by atoms with Gasteiger partial charge in [-0.05, 0) is 52.7 Å². The number of thioether (sulfide) groups is 1. The van der Waals surface area contributed by atoms with Gasteiger partial charge in [-0.15, -0.1) is 0 Å². The Morgan fingerprint density at radius 3 is 2.50 bits per heavy atom. The van der Waals surface area contributed by atoms with Gasteiger partial charge in [-0.3, -0.25) is 0 Å². The summed E-state index contributed by atoms with van der Waals surface area (Å²) in [7, 11) is -1.96. The van der Waals surface area contributed by atoms with Crippen LogP contribution in [0.2, 0.25) is 10.0 Å². The van der Waals surface area contributed by atoms with Gasteiger partial charge in [0.1, 0.15) is 5.75 Å². The Hall–Kier alpha value is -1.44. The van der Waals surface area contributed by atoms with Crippen LogP contribution in [0.4, 0.5) is 0 Å². The maximum Gasteiger partial charge on any atom is 0.240 e. The fourth-order valence-corrected chi connectivity index (χ4v) is 5.26.